The fourth-order valence-electron chi connectivity index (χ4n) is 6.19. The SMILES string of the molecule is C[C@@H](c1ccccc1)N(C)C[C@H]1C[C@@H](c2ccc(CO)cc2)O[C@@H](c2ccc(NC(=O)CCCCCCC(=O)Nc3ccccc3N)cc2)O1. The number of unbranched alkanes of at least 4 members (excludes halogenated alkanes) is 3. The molecule has 264 valence electrons. The minimum absolute atomic E-state index is 0.00255. The fraction of sp³-hybridized carbons (Fsp3) is 0.366. The molecule has 0 aromatic heterocycles. The molecule has 1 aliphatic heterocycles. The highest BCUT2D eigenvalue weighted by molar-refractivity contribution is 5.93. The molecule has 0 aliphatic carbocycles. The van der Waals surface area contributed by atoms with Gasteiger partial charge in [-0.3, -0.25) is 14.5 Å². The maximum atomic E-state index is 12.7. The summed E-state index contributed by atoms with van der Waals surface area (Å²) >= 11 is 0. The van der Waals surface area contributed by atoms with Gasteiger partial charge in [0, 0.05) is 43.1 Å². The van der Waals surface area contributed by atoms with Crippen molar-refractivity contribution in [2.75, 3.05) is 30.0 Å². The summed E-state index contributed by atoms with van der Waals surface area (Å²) in [5, 5.41) is 15.4. The van der Waals surface area contributed by atoms with Crippen molar-refractivity contribution in [1.29, 1.82) is 0 Å². The van der Waals surface area contributed by atoms with E-state index in [1.54, 1.807) is 12.1 Å². The Morgan fingerprint density at radius 3 is 2.08 bits per heavy atom. The predicted octanol–water partition coefficient (Wildman–Crippen LogP) is 7.92. The standard InChI is InChI=1S/C41H50N4O5/c1-29(31-12-6-5-7-13-31)45(2)27-35-26-38(32-20-18-30(28-46)19-21-32)50-41(49-35)33-22-24-34(25-23-33)43-39(47)16-8-3-4-9-17-40(48)44-37-15-11-10-14-36(37)42/h5-7,10-15,18-25,29,35,38,41,46H,3-4,8-9,16-17,26-28,42H2,1-2H3,(H,43,47)(H,44,48)/t29-,35+,38-,41-/m0/s1. The molecule has 0 radical (unpaired) electrons. The van der Waals surface area contributed by atoms with Crippen molar-refractivity contribution in [2.24, 2.45) is 0 Å². The van der Waals surface area contributed by atoms with Crippen molar-refractivity contribution in [3.05, 3.63) is 125 Å². The van der Waals surface area contributed by atoms with Gasteiger partial charge in [-0.2, -0.15) is 0 Å². The molecular weight excluding hydrogens is 628 g/mol. The van der Waals surface area contributed by atoms with Crippen molar-refractivity contribution < 1.29 is 24.2 Å². The third-order valence-electron chi connectivity index (χ3n) is 9.31. The Balaban J connectivity index is 1.11. The molecule has 1 aliphatic rings. The molecule has 2 amide bonds. The average Bonchev–Trinajstić information content (AvgIpc) is 3.14. The monoisotopic (exact) mass is 678 g/mol. The fourth-order valence-corrected chi connectivity index (χ4v) is 6.19. The van der Waals surface area contributed by atoms with E-state index in [-0.39, 0.29) is 36.7 Å². The Bertz CT molecular complexity index is 1650. The number of rotatable bonds is 16. The lowest BCUT2D eigenvalue weighted by Gasteiger charge is -2.39. The van der Waals surface area contributed by atoms with Gasteiger partial charge < -0.3 is 30.9 Å². The topological polar surface area (TPSA) is 126 Å². The number of hydrogen-bond acceptors (Lipinski definition) is 7. The number of anilines is 3. The molecule has 1 saturated heterocycles. The highest BCUT2D eigenvalue weighted by Gasteiger charge is 2.33. The van der Waals surface area contributed by atoms with Crippen LogP contribution in [0.2, 0.25) is 0 Å². The van der Waals surface area contributed by atoms with Crippen LogP contribution in [-0.4, -0.2) is 41.5 Å². The van der Waals surface area contributed by atoms with Crippen LogP contribution in [0.1, 0.15) is 92.6 Å². The van der Waals surface area contributed by atoms with Gasteiger partial charge in [0.1, 0.15) is 0 Å². The van der Waals surface area contributed by atoms with E-state index < -0.39 is 6.29 Å². The zero-order valence-electron chi connectivity index (χ0n) is 29.1. The van der Waals surface area contributed by atoms with Crippen molar-refractivity contribution in [3.8, 4) is 0 Å². The smallest absolute Gasteiger partial charge is 0.224 e. The number of benzene rings is 4. The lowest BCUT2D eigenvalue weighted by molar-refractivity contribution is -0.253. The molecule has 0 spiro atoms. The summed E-state index contributed by atoms with van der Waals surface area (Å²) in [5.41, 5.74) is 11.8. The third-order valence-corrected chi connectivity index (χ3v) is 9.31. The number of carbonyl (C=O) groups is 2. The molecule has 0 bridgehead atoms. The first-order valence-corrected chi connectivity index (χ1v) is 17.6. The van der Waals surface area contributed by atoms with Crippen LogP contribution >= 0.6 is 0 Å². The summed E-state index contributed by atoms with van der Waals surface area (Å²) in [4.78, 5) is 27.2. The number of nitrogens with one attached hydrogen (secondary N) is 2. The quantitative estimate of drug-likeness (QED) is 0.0701. The number of amides is 2. The maximum Gasteiger partial charge on any atom is 0.224 e. The number of nitrogens with two attached hydrogens (primary N) is 1. The van der Waals surface area contributed by atoms with Gasteiger partial charge in [0.05, 0.1) is 30.2 Å². The lowest BCUT2D eigenvalue weighted by atomic mass is 9.99. The summed E-state index contributed by atoms with van der Waals surface area (Å²) in [5.74, 6) is -0.0944. The number of likely N-dealkylation sites (N-methyl/N-ethyl adjacent to an activating group) is 1. The molecule has 50 heavy (non-hydrogen) atoms. The Kier molecular flexibility index (Phi) is 13.6. The normalized spacial score (nSPS) is 18.0. The number of para-hydroxylation sites is 2. The van der Waals surface area contributed by atoms with Crippen molar-refractivity contribution in [1.82, 2.24) is 4.90 Å². The molecule has 4 atom stereocenters. The van der Waals surface area contributed by atoms with E-state index in [4.69, 9.17) is 15.2 Å². The Morgan fingerprint density at radius 1 is 0.800 bits per heavy atom. The molecule has 9 heteroatoms. The molecular formula is C41H50N4O5. The van der Waals surface area contributed by atoms with E-state index in [1.807, 2.05) is 66.7 Å². The Morgan fingerprint density at radius 2 is 1.42 bits per heavy atom. The van der Waals surface area contributed by atoms with Crippen LogP contribution in [0.3, 0.4) is 0 Å². The van der Waals surface area contributed by atoms with Crippen LogP contribution in [0.4, 0.5) is 17.1 Å². The lowest BCUT2D eigenvalue weighted by Crippen LogP contribution is -2.38. The number of hydrogen-bond donors (Lipinski definition) is 4. The summed E-state index contributed by atoms with van der Waals surface area (Å²) in [6.45, 7) is 2.93. The first-order valence-electron chi connectivity index (χ1n) is 17.6. The molecule has 5 rings (SSSR count). The second kappa shape index (κ2) is 18.5. The number of ether oxygens (including phenoxy) is 2. The van der Waals surface area contributed by atoms with Gasteiger partial charge in [-0.05, 0) is 67.8 Å². The molecule has 4 aromatic rings. The molecule has 1 heterocycles. The predicted molar refractivity (Wildman–Crippen MR) is 198 cm³/mol. The zero-order valence-corrected chi connectivity index (χ0v) is 29.1. The molecule has 4 aromatic carbocycles. The minimum atomic E-state index is -0.575. The highest BCUT2D eigenvalue weighted by atomic mass is 16.7. The first kappa shape index (κ1) is 36.7. The van der Waals surface area contributed by atoms with Gasteiger partial charge >= 0.3 is 0 Å². The molecule has 0 unspecified atom stereocenters. The van der Waals surface area contributed by atoms with Crippen LogP contribution in [0.25, 0.3) is 0 Å². The second-order valence-corrected chi connectivity index (χ2v) is 13.1. The number of aliphatic hydroxyl groups excluding tert-OH is 1. The summed E-state index contributed by atoms with van der Waals surface area (Å²) in [7, 11) is 2.12. The van der Waals surface area contributed by atoms with Crippen LogP contribution in [-0.2, 0) is 25.7 Å². The van der Waals surface area contributed by atoms with Gasteiger partial charge in [0.25, 0.3) is 0 Å². The van der Waals surface area contributed by atoms with E-state index in [0.717, 1.165) is 54.6 Å². The number of nitrogens with zero attached hydrogens (tertiary/aromatic N) is 1. The summed E-state index contributed by atoms with van der Waals surface area (Å²) in [6, 6.07) is 33.4. The van der Waals surface area contributed by atoms with Crippen molar-refractivity contribution >= 4 is 28.9 Å². The Labute approximate surface area is 295 Å². The number of aliphatic hydroxyl groups is 1. The van der Waals surface area contributed by atoms with E-state index in [2.05, 4.69) is 53.8 Å². The van der Waals surface area contributed by atoms with Crippen molar-refractivity contribution in [3.63, 3.8) is 0 Å². The molecule has 1 fully saturated rings. The summed E-state index contributed by atoms with van der Waals surface area (Å²) < 4.78 is 13.1. The number of carbonyl (C=O) groups excluding carboxylic acids is 2. The number of nitrogen functional groups attached to an aromatic ring is 1. The van der Waals surface area contributed by atoms with Gasteiger partial charge in [0.15, 0.2) is 6.29 Å². The van der Waals surface area contributed by atoms with E-state index in [1.165, 1.54) is 5.56 Å². The van der Waals surface area contributed by atoms with Crippen LogP contribution in [0.15, 0.2) is 103 Å². The largest absolute Gasteiger partial charge is 0.397 e. The maximum absolute atomic E-state index is 12.7. The van der Waals surface area contributed by atoms with Crippen LogP contribution in [0.5, 0.6) is 0 Å². The van der Waals surface area contributed by atoms with Gasteiger partial charge in [0.2, 0.25) is 11.8 Å². The van der Waals surface area contributed by atoms with Crippen LogP contribution in [0, 0.1) is 0 Å². The minimum Gasteiger partial charge on any atom is -0.397 e. The molecule has 9 nitrogen and oxygen atoms in total. The highest BCUT2D eigenvalue weighted by Crippen LogP contribution is 2.39. The van der Waals surface area contributed by atoms with Crippen molar-refractivity contribution in [2.45, 2.75) is 83.0 Å². The van der Waals surface area contributed by atoms with Crippen LogP contribution < -0.4 is 16.4 Å². The zero-order chi connectivity index (χ0) is 35.3. The third kappa shape index (κ3) is 10.7. The van der Waals surface area contributed by atoms with Gasteiger partial charge in [-0.25, -0.2) is 0 Å². The Hall–Kier alpha value is -4.54. The van der Waals surface area contributed by atoms with E-state index in [0.29, 0.717) is 30.6 Å². The second-order valence-electron chi connectivity index (χ2n) is 13.1. The van der Waals surface area contributed by atoms with E-state index >= 15 is 0 Å². The van der Waals surface area contributed by atoms with Gasteiger partial charge in [-0.15, -0.1) is 0 Å². The molecule has 0 saturated carbocycles. The van der Waals surface area contributed by atoms with Gasteiger partial charge in [-0.1, -0.05) is 91.7 Å². The molecule has 5 N–H and O–H groups in total. The summed E-state index contributed by atoms with van der Waals surface area (Å²) in [6.07, 6.45) is 3.94. The first-order chi connectivity index (χ1) is 24.3. The average molecular weight is 679 g/mol. The van der Waals surface area contributed by atoms with E-state index in [9.17, 15) is 14.7 Å².